The molecule has 2 heterocycles. The maximum absolute atomic E-state index is 12.2. The molecular weight excluding hydrogens is 244 g/mol. The summed E-state index contributed by atoms with van der Waals surface area (Å²) in [6.45, 7) is 0.688. The first kappa shape index (κ1) is 12.1. The van der Waals surface area contributed by atoms with Crippen LogP contribution in [-0.4, -0.2) is 39.3 Å². The van der Waals surface area contributed by atoms with E-state index in [4.69, 9.17) is 0 Å². The number of hydrogen-bond donors (Lipinski definition) is 1. The molecule has 0 unspecified atom stereocenters. The molecule has 0 aromatic carbocycles. The van der Waals surface area contributed by atoms with Gasteiger partial charge >= 0.3 is 0 Å². The first-order valence-electron chi connectivity index (χ1n) is 6.63. The molecule has 1 saturated carbocycles. The molecule has 1 aromatic heterocycles. The van der Waals surface area contributed by atoms with Crippen molar-refractivity contribution < 1.29 is 9.59 Å². The van der Waals surface area contributed by atoms with Gasteiger partial charge in [0.2, 0.25) is 11.8 Å². The predicted octanol–water partition coefficient (Wildman–Crippen LogP) is 0.816. The van der Waals surface area contributed by atoms with Crippen LogP contribution in [0.2, 0.25) is 0 Å². The highest BCUT2D eigenvalue weighted by Gasteiger charge is 2.40. The Morgan fingerprint density at radius 3 is 2.79 bits per heavy atom. The van der Waals surface area contributed by atoms with Crippen LogP contribution in [-0.2, 0) is 9.59 Å². The maximum Gasteiger partial charge on any atom is 0.248 e. The van der Waals surface area contributed by atoms with E-state index in [1.165, 1.54) is 12.4 Å². The molecule has 2 amide bonds. The van der Waals surface area contributed by atoms with Gasteiger partial charge in [0, 0.05) is 24.9 Å². The number of carbonyl (C=O) groups is 2. The zero-order valence-electron chi connectivity index (χ0n) is 10.6. The van der Waals surface area contributed by atoms with Crippen LogP contribution in [0.25, 0.3) is 0 Å². The summed E-state index contributed by atoms with van der Waals surface area (Å²) in [5, 5.41) is 2.72. The number of anilines is 1. The van der Waals surface area contributed by atoms with Gasteiger partial charge in [-0.05, 0) is 25.7 Å². The predicted molar refractivity (Wildman–Crippen MR) is 68.1 cm³/mol. The number of carbonyl (C=O) groups excluding carboxylic acids is 2. The normalized spacial score (nSPS) is 22.3. The van der Waals surface area contributed by atoms with E-state index < -0.39 is 0 Å². The molecule has 1 aromatic rings. The first-order valence-corrected chi connectivity index (χ1v) is 6.63. The Kier molecular flexibility index (Phi) is 3.15. The van der Waals surface area contributed by atoms with E-state index in [1.807, 2.05) is 0 Å². The minimum atomic E-state index is -0.352. The van der Waals surface area contributed by atoms with Crippen LogP contribution in [0, 0.1) is 5.92 Å². The van der Waals surface area contributed by atoms with Gasteiger partial charge in [-0.1, -0.05) is 0 Å². The largest absolute Gasteiger partial charge is 0.330 e. The minimum absolute atomic E-state index is 0.136. The number of likely N-dealkylation sites (tertiary alicyclic amines) is 1. The molecule has 6 nitrogen and oxygen atoms in total. The fourth-order valence-electron chi connectivity index (χ4n) is 2.44. The van der Waals surface area contributed by atoms with Crippen LogP contribution < -0.4 is 5.32 Å². The molecular formula is C13H16N4O2. The molecule has 1 saturated heterocycles. The third-order valence-corrected chi connectivity index (χ3v) is 3.58. The van der Waals surface area contributed by atoms with Gasteiger partial charge in [-0.25, -0.2) is 4.98 Å². The number of hydrogen-bond acceptors (Lipinski definition) is 4. The fraction of sp³-hybridized carbons (Fsp3) is 0.538. The van der Waals surface area contributed by atoms with Crippen molar-refractivity contribution in [2.45, 2.75) is 31.7 Å². The van der Waals surface area contributed by atoms with Crippen molar-refractivity contribution in [2.24, 2.45) is 5.92 Å². The van der Waals surface area contributed by atoms with Crippen molar-refractivity contribution >= 4 is 17.6 Å². The van der Waals surface area contributed by atoms with E-state index in [1.54, 1.807) is 11.1 Å². The number of nitrogens with one attached hydrogen (secondary N) is 1. The van der Waals surface area contributed by atoms with Crippen LogP contribution in [0.4, 0.5) is 5.82 Å². The molecule has 100 valence electrons. The van der Waals surface area contributed by atoms with Gasteiger partial charge in [-0.3, -0.25) is 14.6 Å². The van der Waals surface area contributed by atoms with E-state index in [0.717, 1.165) is 25.7 Å². The van der Waals surface area contributed by atoms with Gasteiger partial charge in [0.25, 0.3) is 0 Å². The Morgan fingerprint density at radius 2 is 2.11 bits per heavy atom. The lowest BCUT2D eigenvalue weighted by Gasteiger charge is -2.23. The molecule has 0 bridgehead atoms. The molecule has 2 aliphatic rings. The Bertz CT molecular complexity index is 487. The number of amides is 2. The van der Waals surface area contributed by atoms with Crippen molar-refractivity contribution in [3.05, 3.63) is 18.6 Å². The monoisotopic (exact) mass is 260 g/mol. The average molecular weight is 260 g/mol. The summed E-state index contributed by atoms with van der Waals surface area (Å²) in [4.78, 5) is 33.9. The third-order valence-electron chi connectivity index (χ3n) is 3.58. The van der Waals surface area contributed by atoms with Gasteiger partial charge in [0.05, 0.1) is 6.20 Å². The molecule has 1 aliphatic carbocycles. The molecule has 1 aliphatic heterocycles. The van der Waals surface area contributed by atoms with Crippen molar-refractivity contribution in [1.29, 1.82) is 0 Å². The Labute approximate surface area is 111 Å². The lowest BCUT2D eigenvalue weighted by molar-refractivity contribution is -0.137. The van der Waals surface area contributed by atoms with E-state index in [0.29, 0.717) is 12.4 Å². The SMILES string of the molecule is O=C(Nc1cnccn1)[C@@H]1CCCN1C(=O)C1CC1. The van der Waals surface area contributed by atoms with Crippen LogP contribution in [0.15, 0.2) is 18.6 Å². The topological polar surface area (TPSA) is 75.2 Å². The lowest BCUT2D eigenvalue weighted by atomic mass is 10.2. The third kappa shape index (κ3) is 2.57. The molecule has 1 N–H and O–H groups in total. The number of aromatic nitrogens is 2. The second-order valence-corrected chi connectivity index (χ2v) is 5.04. The molecule has 3 rings (SSSR count). The van der Waals surface area contributed by atoms with Crippen molar-refractivity contribution in [3.8, 4) is 0 Å². The average Bonchev–Trinajstić information content (AvgIpc) is 3.16. The van der Waals surface area contributed by atoms with Crippen LogP contribution in [0.5, 0.6) is 0 Å². The quantitative estimate of drug-likeness (QED) is 0.873. The van der Waals surface area contributed by atoms with E-state index in [2.05, 4.69) is 15.3 Å². The summed E-state index contributed by atoms with van der Waals surface area (Å²) in [6, 6.07) is -0.352. The summed E-state index contributed by atoms with van der Waals surface area (Å²) in [7, 11) is 0. The molecule has 6 heteroatoms. The van der Waals surface area contributed by atoms with Crippen LogP contribution >= 0.6 is 0 Å². The smallest absolute Gasteiger partial charge is 0.248 e. The van der Waals surface area contributed by atoms with Crippen molar-refractivity contribution in [1.82, 2.24) is 14.9 Å². The lowest BCUT2D eigenvalue weighted by Crippen LogP contribution is -2.43. The Morgan fingerprint density at radius 1 is 1.26 bits per heavy atom. The zero-order chi connectivity index (χ0) is 13.2. The van der Waals surface area contributed by atoms with Gasteiger partial charge in [0.15, 0.2) is 5.82 Å². The van der Waals surface area contributed by atoms with Gasteiger partial charge in [-0.2, -0.15) is 0 Å². The first-order chi connectivity index (χ1) is 9.25. The Hall–Kier alpha value is -1.98. The summed E-state index contributed by atoms with van der Waals surface area (Å²) < 4.78 is 0. The van der Waals surface area contributed by atoms with Crippen LogP contribution in [0.3, 0.4) is 0 Å². The second-order valence-electron chi connectivity index (χ2n) is 5.04. The summed E-state index contributed by atoms with van der Waals surface area (Å²) in [5.41, 5.74) is 0. The fourth-order valence-corrected chi connectivity index (χ4v) is 2.44. The molecule has 0 radical (unpaired) electrons. The van der Waals surface area contributed by atoms with Gasteiger partial charge in [-0.15, -0.1) is 0 Å². The highest BCUT2D eigenvalue weighted by atomic mass is 16.2. The molecule has 0 spiro atoms. The summed E-state index contributed by atoms with van der Waals surface area (Å²) in [6.07, 6.45) is 8.12. The summed E-state index contributed by atoms with van der Waals surface area (Å²) in [5.74, 6) is 0.562. The van der Waals surface area contributed by atoms with Crippen LogP contribution in [0.1, 0.15) is 25.7 Å². The number of nitrogens with zero attached hydrogens (tertiary/aromatic N) is 3. The van der Waals surface area contributed by atoms with Crippen molar-refractivity contribution in [3.63, 3.8) is 0 Å². The van der Waals surface area contributed by atoms with Gasteiger partial charge < -0.3 is 10.2 Å². The molecule has 1 atom stereocenters. The molecule has 2 fully saturated rings. The van der Waals surface area contributed by atoms with E-state index >= 15 is 0 Å². The standard InChI is InChI=1S/C13H16N4O2/c18-12(16-11-8-14-5-6-15-11)10-2-1-7-17(10)13(19)9-3-4-9/h5-6,8-10H,1-4,7H2,(H,15,16,18)/t10-/m0/s1. The number of rotatable bonds is 3. The van der Waals surface area contributed by atoms with Crippen molar-refractivity contribution in [2.75, 3.05) is 11.9 Å². The highest BCUT2D eigenvalue weighted by molar-refractivity contribution is 5.97. The second kappa shape index (κ2) is 4.95. The van der Waals surface area contributed by atoms with Gasteiger partial charge in [0.1, 0.15) is 6.04 Å². The summed E-state index contributed by atoms with van der Waals surface area (Å²) >= 11 is 0. The zero-order valence-corrected chi connectivity index (χ0v) is 10.6. The highest BCUT2D eigenvalue weighted by Crippen LogP contribution is 2.33. The van der Waals surface area contributed by atoms with E-state index in [9.17, 15) is 9.59 Å². The van der Waals surface area contributed by atoms with E-state index in [-0.39, 0.29) is 23.8 Å². The Balaban J connectivity index is 1.66. The maximum atomic E-state index is 12.2. The minimum Gasteiger partial charge on any atom is -0.330 e. The molecule has 19 heavy (non-hydrogen) atoms.